The number of aromatic nitrogens is 2. The largest absolute Gasteiger partial charge is 0.379 e. The molecular weight excluding hydrogens is 350 g/mol. The molecule has 2 aromatic heterocycles. The number of hydrogen-bond acceptors (Lipinski definition) is 7. The van der Waals surface area contributed by atoms with Crippen LogP contribution >= 0.6 is 11.3 Å². The quantitative estimate of drug-likeness (QED) is 0.851. The Morgan fingerprint density at radius 2 is 2.23 bits per heavy atom. The number of fused-ring (bicyclic) bond motifs is 1. The van der Waals surface area contributed by atoms with Gasteiger partial charge in [0.15, 0.2) is 5.13 Å². The third kappa shape index (κ3) is 4.13. The first-order chi connectivity index (χ1) is 12.8. The van der Waals surface area contributed by atoms with E-state index in [1.54, 1.807) is 17.5 Å². The number of morpholine rings is 1. The molecule has 0 bridgehead atoms. The Hall–Kier alpha value is -1.77. The number of amides is 1. The highest BCUT2D eigenvalue weighted by Crippen LogP contribution is 2.30. The van der Waals surface area contributed by atoms with E-state index in [1.807, 2.05) is 12.1 Å². The molecule has 0 aromatic carbocycles. The zero-order chi connectivity index (χ0) is 17.8. The van der Waals surface area contributed by atoms with E-state index in [9.17, 15) is 4.79 Å². The van der Waals surface area contributed by atoms with Crippen molar-refractivity contribution >= 4 is 32.7 Å². The van der Waals surface area contributed by atoms with Gasteiger partial charge in [0.05, 0.1) is 19.1 Å². The van der Waals surface area contributed by atoms with Gasteiger partial charge in [0.25, 0.3) is 0 Å². The van der Waals surface area contributed by atoms with Gasteiger partial charge in [-0.25, -0.2) is 9.97 Å². The van der Waals surface area contributed by atoms with Crippen molar-refractivity contribution in [2.45, 2.75) is 12.8 Å². The summed E-state index contributed by atoms with van der Waals surface area (Å²) >= 11 is 1.61. The highest BCUT2D eigenvalue weighted by atomic mass is 32.1. The average molecular weight is 375 g/mol. The zero-order valence-electron chi connectivity index (χ0n) is 14.9. The van der Waals surface area contributed by atoms with Crippen LogP contribution in [0.5, 0.6) is 0 Å². The lowest BCUT2D eigenvalue weighted by molar-refractivity contribution is -0.125. The normalized spacial score (nSPS) is 21.8. The predicted octanol–water partition coefficient (Wildman–Crippen LogP) is 1.36. The van der Waals surface area contributed by atoms with E-state index in [4.69, 9.17) is 4.74 Å². The molecule has 26 heavy (non-hydrogen) atoms. The molecule has 2 aromatic rings. The summed E-state index contributed by atoms with van der Waals surface area (Å²) in [5.74, 6) is 0.204. The van der Waals surface area contributed by atoms with Gasteiger partial charge in [-0.05, 0) is 25.0 Å². The van der Waals surface area contributed by atoms with Crippen LogP contribution in [0.2, 0.25) is 0 Å². The third-order valence-electron chi connectivity index (χ3n) is 5.05. The predicted molar refractivity (Wildman–Crippen MR) is 103 cm³/mol. The molecule has 0 aliphatic carbocycles. The monoisotopic (exact) mass is 375 g/mol. The van der Waals surface area contributed by atoms with E-state index >= 15 is 0 Å². The maximum Gasteiger partial charge on any atom is 0.224 e. The fourth-order valence-corrected chi connectivity index (χ4v) is 4.51. The van der Waals surface area contributed by atoms with Crippen molar-refractivity contribution < 1.29 is 9.53 Å². The molecular formula is C18H25N5O2S. The molecule has 0 radical (unpaired) electrons. The van der Waals surface area contributed by atoms with Crippen molar-refractivity contribution in [2.75, 3.05) is 57.4 Å². The van der Waals surface area contributed by atoms with Crippen LogP contribution in [-0.4, -0.2) is 73.3 Å². The maximum atomic E-state index is 12.6. The minimum atomic E-state index is 0.0356. The van der Waals surface area contributed by atoms with Crippen LogP contribution in [0.4, 0.5) is 5.13 Å². The van der Waals surface area contributed by atoms with Crippen LogP contribution in [0, 0.1) is 5.92 Å². The number of nitrogens with one attached hydrogen (secondary N) is 1. The van der Waals surface area contributed by atoms with Gasteiger partial charge in [0, 0.05) is 45.5 Å². The molecule has 1 atom stereocenters. The molecule has 1 amide bonds. The summed E-state index contributed by atoms with van der Waals surface area (Å²) in [5.41, 5.74) is 0.935. The summed E-state index contributed by atoms with van der Waals surface area (Å²) in [6.07, 6.45) is 3.76. The van der Waals surface area contributed by atoms with Gasteiger partial charge in [-0.1, -0.05) is 11.3 Å². The van der Waals surface area contributed by atoms with Crippen LogP contribution < -0.4 is 10.2 Å². The van der Waals surface area contributed by atoms with Crippen molar-refractivity contribution in [1.82, 2.24) is 20.2 Å². The molecule has 2 aliphatic heterocycles. The highest BCUT2D eigenvalue weighted by molar-refractivity contribution is 7.21. The number of hydrogen-bond donors (Lipinski definition) is 1. The molecule has 2 aliphatic rings. The Kier molecular flexibility index (Phi) is 5.62. The summed E-state index contributed by atoms with van der Waals surface area (Å²) in [7, 11) is 0. The molecule has 4 heterocycles. The zero-order valence-corrected chi connectivity index (χ0v) is 15.7. The van der Waals surface area contributed by atoms with E-state index in [0.717, 1.165) is 74.3 Å². The fourth-order valence-electron chi connectivity index (χ4n) is 3.56. The van der Waals surface area contributed by atoms with Crippen molar-refractivity contribution in [3.05, 3.63) is 18.3 Å². The minimum Gasteiger partial charge on any atom is -0.379 e. The SMILES string of the molecule is O=C(NCCN1CCOCC1)C1CCCN(c2nc3cccnc3s2)C1. The Morgan fingerprint density at radius 1 is 1.35 bits per heavy atom. The van der Waals surface area contributed by atoms with Crippen molar-refractivity contribution in [3.8, 4) is 0 Å². The second-order valence-electron chi connectivity index (χ2n) is 6.85. The van der Waals surface area contributed by atoms with Crippen molar-refractivity contribution in [2.24, 2.45) is 5.92 Å². The number of rotatable bonds is 5. The number of pyridine rings is 1. The smallest absolute Gasteiger partial charge is 0.224 e. The number of piperidine rings is 1. The molecule has 0 saturated carbocycles. The first-order valence-corrected chi connectivity index (χ1v) is 10.2. The number of nitrogens with zero attached hydrogens (tertiary/aromatic N) is 4. The maximum absolute atomic E-state index is 12.6. The van der Waals surface area contributed by atoms with E-state index < -0.39 is 0 Å². The van der Waals surface area contributed by atoms with Gasteiger partial charge >= 0.3 is 0 Å². The third-order valence-corrected chi connectivity index (χ3v) is 6.09. The molecule has 2 fully saturated rings. The molecule has 0 spiro atoms. The van der Waals surface area contributed by atoms with E-state index in [-0.39, 0.29) is 11.8 Å². The van der Waals surface area contributed by atoms with Gasteiger partial charge in [-0.2, -0.15) is 0 Å². The number of ether oxygens (including phenoxy) is 1. The molecule has 4 rings (SSSR count). The lowest BCUT2D eigenvalue weighted by atomic mass is 9.97. The number of thiazole rings is 1. The molecule has 1 unspecified atom stereocenters. The average Bonchev–Trinajstić information content (AvgIpc) is 3.13. The van der Waals surface area contributed by atoms with Crippen molar-refractivity contribution in [1.29, 1.82) is 0 Å². The summed E-state index contributed by atoms with van der Waals surface area (Å²) in [6.45, 7) is 6.80. The number of carbonyl (C=O) groups excluding carboxylic acids is 1. The van der Waals surface area contributed by atoms with Crippen LogP contribution in [0.1, 0.15) is 12.8 Å². The summed E-state index contributed by atoms with van der Waals surface area (Å²) in [6, 6.07) is 3.90. The molecule has 7 nitrogen and oxygen atoms in total. The van der Waals surface area contributed by atoms with Crippen LogP contribution in [0.15, 0.2) is 18.3 Å². The Balaban J connectivity index is 1.30. The first-order valence-electron chi connectivity index (χ1n) is 9.34. The van der Waals surface area contributed by atoms with E-state index in [1.165, 1.54) is 0 Å². The van der Waals surface area contributed by atoms with Crippen LogP contribution in [0.25, 0.3) is 10.3 Å². The van der Waals surface area contributed by atoms with Gasteiger partial charge in [-0.3, -0.25) is 9.69 Å². The molecule has 8 heteroatoms. The second-order valence-corrected chi connectivity index (χ2v) is 7.81. The Bertz CT molecular complexity index is 713. The van der Waals surface area contributed by atoms with Gasteiger partial charge in [0.2, 0.25) is 5.91 Å². The molecule has 140 valence electrons. The van der Waals surface area contributed by atoms with Gasteiger partial charge in [0.1, 0.15) is 10.3 Å². The van der Waals surface area contributed by atoms with Crippen molar-refractivity contribution in [3.63, 3.8) is 0 Å². The van der Waals surface area contributed by atoms with E-state index in [2.05, 4.69) is 25.1 Å². The Morgan fingerprint density at radius 3 is 3.08 bits per heavy atom. The summed E-state index contributed by atoms with van der Waals surface area (Å²) in [4.78, 5) is 27.2. The van der Waals surface area contributed by atoms with Gasteiger partial charge in [-0.15, -0.1) is 0 Å². The number of anilines is 1. The number of carbonyl (C=O) groups is 1. The minimum absolute atomic E-state index is 0.0356. The first kappa shape index (κ1) is 17.6. The van der Waals surface area contributed by atoms with Crippen LogP contribution in [-0.2, 0) is 9.53 Å². The lowest BCUT2D eigenvalue weighted by Gasteiger charge is -2.32. The van der Waals surface area contributed by atoms with Gasteiger partial charge < -0.3 is 15.0 Å². The molecule has 1 N–H and O–H groups in total. The molecule has 2 saturated heterocycles. The highest BCUT2D eigenvalue weighted by Gasteiger charge is 2.27. The summed E-state index contributed by atoms with van der Waals surface area (Å²) < 4.78 is 5.35. The topological polar surface area (TPSA) is 70.6 Å². The standard InChI is InChI=1S/C18H25N5O2S/c24-16(19-6-8-22-9-11-25-12-10-22)14-3-2-7-23(13-14)18-21-15-4-1-5-20-17(15)26-18/h1,4-5,14H,2-3,6-13H2,(H,19,24). The fraction of sp³-hybridized carbons (Fsp3) is 0.611. The second kappa shape index (κ2) is 8.28. The van der Waals surface area contributed by atoms with E-state index in [0.29, 0.717) is 6.54 Å². The Labute approximate surface area is 157 Å². The van der Waals surface area contributed by atoms with Crippen LogP contribution in [0.3, 0.4) is 0 Å². The lowest BCUT2D eigenvalue weighted by Crippen LogP contribution is -2.46. The summed E-state index contributed by atoms with van der Waals surface area (Å²) in [5, 5.41) is 4.10.